The van der Waals surface area contributed by atoms with E-state index in [1.807, 2.05) is 0 Å². The summed E-state index contributed by atoms with van der Waals surface area (Å²) < 4.78 is 141. The average Bonchev–Trinajstić information content (AvgIpc) is 0.793. The molecule has 2 aromatic rings. The Morgan fingerprint density at radius 2 is 0.667 bits per heavy atom. The highest BCUT2D eigenvalue weighted by Crippen LogP contribution is 2.39. The van der Waals surface area contributed by atoms with Crippen LogP contribution < -0.4 is 0 Å². The van der Waals surface area contributed by atoms with Crippen molar-refractivity contribution in [2.75, 3.05) is 46.2 Å². The molecule has 0 spiro atoms. The Hall–Kier alpha value is -3.10. The molecule has 0 aromatic heterocycles. The van der Waals surface area contributed by atoms with Gasteiger partial charge in [-0.2, -0.15) is 16.8 Å². The van der Waals surface area contributed by atoms with E-state index in [0.29, 0.717) is 0 Å². The quantitative estimate of drug-likeness (QED) is 0.0929. The molecule has 35 atom stereocenters. The van der Waals surface area contributed by atoms with Crippen molar-refractivity contribution >= 4 is 20.2 Å². The van der Waals surface area contributed by atoms with Gasteiger partial charge in [0.25, 0.3) is 20.2 Å². The first-order valence-corrected chi connectivity index (χ1v) is 32.7. The van der Waals surface area contributed by atoms with Gasteiger partial charge in [-0.25, -0.2) is 0 Å². The summed E-state index contributed by atoms with van der Waals surface area (Å²) in [6.45, 7) is -7.68. The number of hydrogen-bond donors (Lipinski definition) is 21. The summed E-state index contributed by atoms with van der Waals surface area (Å²) in [7, 11) is -9.87. The molecule has 16 rings (SSSR count). The van der Waals surface area contributed by atoms with Crippen LogP contribution in [0, 0.1) is 0 Å². The molecule has 2 aromatic carbocycles. The minimum atomic E-state index is -4.97. The van der Waals surface area contributed by atoms with E-state index in [-0.39, 0.29) is 11.1 Å². The molecule has 96 heavy (non-hydrogen) atoms. The van der Waals surface area contributed by atoms with E-state index in [1.54, 1.807) is 0 Å². The summed E-state index contributed by atoms with van der Waals surface area (Å²) >= 11 is 0. The topological polar surface area (TPSA) is 632 Å². The van der Waals surface area contributed by atoms with Crippen LogP contribution >= 0.6 is 0 Å². The second-order valence-corrected chi connectivity index (χ2v) is 27.0. The minimum absolute atomic E-state index is 0.260. The lowest BCUT2D eigenvalue weighted by Crippen LogP contribution is -2.68. The molecule has 14 aliphatic heterocycles. The Balaban J connectivity index is 0.935. The molecule has 40 nitrogen and oxygen atoms in total. The number of aliphatic hydroxyl groups excluding tert-OH is 21. The van der Waals surface area contributed by atoms with Crippen LogP contribution in [0.15, 0.2) is 58.3 Å². The second-order valence-electron chi connectivity index (χ2n) is 23.7. The zero-order valence-corrected chi connectivity index (χ0v) is 51.4. The van der Waals surface area contributed by atoms with Crippen molar-refractivity contribution in [3.63, 3.8) is 0 Å². The van der Waals surface area contributed by atoms with E-state index in [2.05, 4.69) is 0 Å². The predicted octanol–water partition coefficient (Wildman–Crippen LogP) is -13.5. The van der Waals surface area contributed by atoms with Crippen molar-refractivity contribution in [1.29, 1.82) is 0 Å². The van der Waals surface area contributed by atoms with Crippen molar-refractivity contribution < 1.29 is 194 Å². The first kappa shape index (κ1) is 75.6. The summed E-state index contributed by atoms with van der Waals surface area (Å²) in [5.41, 5.74) is 0.523. The molecule has 0 radical (unpaired) electrons. The van der Waals surface area contributed by atoms with E-state index in [1.165, 1.54) is 24.3 Å². The van der Waals surface area contributed by atoms with Crippen LogP contribution in [0.1, 0.15) is 0 Å². The smallest absolute Gasteiger partial charge is 0.297 e. The van der Waals surface area contributed by atoms with E-state index < -0.39 is 291 Å². The Labute approximate surface area is 543 Å². The van der Waals surface area contributed by atoms with Crippen LogP contribution in [0.5, 0.6) is 0 Å². The molecule has 14 aliphatic rings. The van der Waals surface area contributed by atoms with Crippen molar-refractivity contribution in [3.05, 3.63) is 48.5 Å². The molecule has 0 aliphatic carbocycles. The maximum atomic E-state index is 14.0. The molecule has 1 unspecified atom stereocenters. The molecule has 14 heterocycles. The van der Waals surface area contributed by atoms with Crippen LogP contribution in [0.4, 0.5) is 0 Å². The summed E-state index contributed by atoms with van der Waals surface area (Å²) in [4.78, 5) is -1.09. The maximum absolute atomic E-state index is 14.0. The van der Waals surface area contributed by atoms with Crippen LogP contribution in [-0.4, -0.2) is 385 Å². The highest BCUT2D eigenvalue weighted by molar-refractivity contribution is 7.87. The lowest BCUT2D eigenvalue weighted by Gasteiger charge is -2.50. The van der Waals surface area contributed by atoms with Crippen molar-refractivity contribution in [2.24, 2.45) is 0 Å². The summed E-state index contributed by atoms with van der Waals surface area (Å²) in [5, 5.41) is 229. The fraction of sp³-hybridized carbons (Fsp3) is 0.778. The van der Waals surface area contributed by atoms with E-state index in [0.717, 1.165) is 24.3 Å². The summed E-state index contributed by atoms with van der Waals surface area (Å²) in [6.07, 6.45) is -73.0. The zero-order valence-electron chi connectivity index (χ0n) is 49.7. The molecule has 21 N–H and O–H groups in total. The fourth-order valence-corrected chi connectivity index (χ4v) is 13.9. The van der Waals surface area contributed by atoms with Crippen LogP contribution in [0.3, 0.4) is 0 Å². The fourth-order valence-electron chi connectivity index (χ4n) is 12.1. The van der Waals surface area contributed by atoms with Gasteiger partial charge in [0.05, 0.1) is 56.0 Å². The Morgan fingerprint density at radius 3 is 1.15 bits per heavy atom. The van der Waals surface area contributed by atoms with Gasteiger partial charge in [0, 0.05) is 0 Å². The first-order valence-electron chi connectivity index (χ1n) is 29.9. The van der Waals surface area contributed by atoms with Gasteiger partial charge in [-0.3, -0.25) is 8.37 Å². The van der Waals surface area contributed by atoms with E-state index in [4.69, 9.17) is 69.9 Å². The molecule has 10 bridgehead atoms. The number of ether oxygens (including phenoxy) is 13. The Bertz CT molecular complexity index is 3040. The van der Waals surface area contributed by atoms with Crippen molar-refractivity contribution in [2.45, 2.75) is 225 Å². The van der Waals surface area contributed by atoms with Crippen molar-refractivity contribution in [1.82, 2.24) is 0 Å². The standard InChI is InChI=1S/C54H78O40S2/c55-9-20-27(60)28(61)36(69)49(83-20)93-46-25-14-80-95(76,77)18-5-1-16(2-6-18)17-3-7-19(8-4-17)96(78,79)81-15-26-47(34(67)41(74)54(88-26)91-44-23(12-58)84-50(37(70)30(44)63)89-42-21(10-56)82-48(75)35(68)29(42)62)94-52-39(72)32(65)43(22(11-57)86-52)90-51-38(71)31(64)45(24(13-59)85-51)92-53(87-25)40(73)33(46)66/h1-8,20-75H,9-15H2/t20-,21-,22-,23-,24+,25-,26-,27-,28+,29-,30-,31-,32-,33-,34-,35-,36-,37-,38-,39+,40-,41-,42-,43-,44-,45-,46-,47-,48?,49-,50-,51-,52-,53-,54-/m1/s1. The van der Waals surface area contributed by atoms with Gasteiger partial charge in [-0.05, 0) is 35.4 Å². The van der Waals surface area contributed by atoms with Gasteiger partial charge in [-0.15, -0.1) is 0 Å². The summed E-state index contributed by atoms with van der Waals surface area (Å²) in [6, 6.07) is 9.29. The van der Waals surface area contributed by atoms with Crippen LogP contribution in [0.25, 0.3) is 11.1 Å². The lowest BCUT2D eigenvalue weighted by molar-refractivity contribution is -0.397. The molecule has 42 heteroatoms. The largest absolute Gasteiger partial charge is 0.394 e. The zero-order chi connectivity index (χ0) is 69.7. The Morgan fingerprint density at radius 1 is 0.312 bits per heavy atom. The third kappa shape index (κ3) is 15.3. The van der Waals surface area contributed by atoms with Crippen LogP contribution in [-0.2, 0) is 90.2 Å². The third-order valence-electron chi connectivity index (χ3n) is 17.6. The highest BCUT2D eigenvalue weighted by atomic mass is 32.2. The van der Waals surface area contributed by atoms with Gasteiger partial charge in [0.15, 0.2) is 44.0 Å². The molecular weight excluding hydrogens is 1350 g/mol. The SMILES string of the molecule is O=S1(=O)OC[C@H]2O[C@H](O[C@H]3[C@H](O)[C@@H](O)[C@@H](O[C@H]4[C@H](O)[C@@H](O)C(O)O[C@@H]4CO)O[C@@H]3CO)[C@H](O)[C@@H](O)[C@@H]2O[C@H]2O[C@H](CO)[C@@H](O[C@H]3O[C@@H](CO)[C@@H](O[C@H]4O[C@H](COS(=O)(=O)c5ccc(cc5)-c5ccc1cc5)[C@@H](O[C@H]1O[C@H](CO)[C@@H](O)[C@H](O)[C@H]1O)[C@H](O)[C@H]4O)[C@H](O)[C@H]3O)[C@H](O)[C@@H]2O. The number of aliphatic hydroxyl groups is 21. The van der Waals surface area contributed by atoms with Crippen LogP contribution in [0.2, 0.25) is 0 Å². The van der Waals surface area contributed by atoms with E-state index >= 15 is 0 Å². The molecule has 7 saturated heterocycles. The Kier molecular flexibility index (Phi) is 24.6. The van der Waals surface area contributed by atoms with Gasteiger partial charge in [0.1, 0.15) is 171 Å². The summed E-state index contributed by atoms with van der Waals surface area (Å²) in [5.74, 6) is 0. The number of rotatable bonds is 11. The maximum Gasteiger partial charge on any atom is 0.297 e. The van der Waals surface area contributed by atoms with Gasteiger partial charge < -0.3 is 169 Å². The predicted molar refractivity (Wildman–Crippen MR) is 296 cm³/mol. The normalized spacial score (nSPS) is 48.0. The third-order valence-corrected chi connectivity index (χ3v) is 20.2. The number of benzene rings is 2. The lowest BCUT2D eigenvalue weighted by atomic mass is 9.95. The second kappa shape index (κ2) is 31.2. The molecule has 546 valence electrons. The minimum Gasteiger partial charge on any atom is -0.394 e. The number of hydrogen-bond acceptors (Lipinski definition) is 40. The molecule has 0 amide bonds. The first-order chi connectivity index (χ1) is 45.5. The highest BCUT2D eigenvalue weighted by Gasteiger charge is 2.59. The molecule has 0 saturated carbocycles. The van der Waals surface area contributed by atoms with Gasteiger partial charge >= 0.3 is 0 Å². The average molecular weight is 1430 g/mol. The molecular formula is C54H78O40S2. The van der Waals surface area contributed by atoms with Gasteiger partial charge in [0.2, 0.25) is 0 Å². The van der Waals surface area contributed by atoms with Crippen molar-refractivity contribution in [3.8, 4) is 11.1 Å². The molecule has 7 fully saturated rings. The van der Waals surface area contributed by atoms with E-state index in [9.17, 15) is 124 Å². The monoisotopic (exact) mass is 1430 g/mol. The van der Waals surface area contributed by atoms with Gasteiger partial charge in [-0.1, -0.05) is 24.3 Å².